The van der Waals surface area contributed by atoms with Crippen molar-refractivity contribution in [1.82, 2.24) is 30.0 Å². The highest BCUT2D eigenvalue weighted by Gasteiger charge is 2.44. The Morgan fingerprint density at radius 1 is 1.00 bits per heavy atom. The van der Waals surface area contributed by atoms with Gasteiger partial charge in [0.1, 0.15) is 11.7 Å². The van der Waals surface area contributed by atoms with Crippen molar-refractivity contribution in [3.05, 3.63) is 45.1 Å². The number of ether oxygens (including phenoxy) is 1. The van der Waals surface area contributed by atoms with Gasteiger partial charge in [-0.15, -0.1) is 0 Å². The number of carbonyl (C=O) groups excluding carboxylic acids is 1. The Bertz CT molecular complexity index is 1240. The molecule has 0 aromatic carbocycles. The maximum absolute atomic E-state index is 13.5. The molecule has 2 saturated heterocycles. The van der Waals surface area contributed by atoms with Crippen molar-refractivity contribution in [3.63, 3.8) is 0 Å². The van der Waals surface area contributed by atoms with Crippen LogP contribution in [0.25, 0.3) is 0 Å². The molecule has 2 aromatic rings. The molecule has 0 unspecified atom stereocenters. The molecule has 206 valence electrons. The lowest BCUT2D eigenvalue weighted by Gasteiger charge is -2.40. The average Bonchev–Trinajstić information content (AvgIpc) is 3.31. The minimum absolute atomic E-state index is 0.0513. The number of piperazine rings is 1. The Morgan fingerprint density at radius 2 is 1.68 bits per heavy atom. The molecule has 3 aliphatic rings. The van der Waals surface area contributed by atoms with E-state index in [1.165, 1.54) is 0 Å². The molecule has 2 aromatic heterocycles. The lowest BCUT2D eigenvalue weighted by Crippen LogP contribution is -2.56. The molecule has 2 atom stereocenters. The molecule has 10 nitrogen and oxygen atoms in total. The molecule has 1 amide bonds. The second-order valence-corrected chi connectivity index (χ2v) is 9.28. The standard InChI is InChI=1S/C22H23F6N7O3/c23-21(24,25)12-9-29-20(30-10-12)34-5-3-33(4-6-34)19(37)15-11-35(7-8-38-15)14-2-1-13-16(22(26,27)28)18(36)32-31-17(13)14/h9-10,14-15H,1-8,11H2,(H,32,36)/t14-,15-/m1/s1. The van der Waals surface area contributed by atoms with Crippen molar-refractivity contribution in [2.24, 2.45) is 0 Å². The Balaban J connectivity index is 1.21. The van der Waals surface area contributed by atoms with Gasteiger partial charge in [0.05, 0.1) is 23.9 Å². The first-order chi connectivity index (χ1) is 17.9. The largest absolute Gasteiger partial charge is 0.422 e. The molecule has 2 fully saturated rings. The second kappa shape index (κ2) is 9.80. The minimum atomic E-state index is -4.80. The van der Waals surface area contributed by atoms with Crippen LogP contribution < -0.4 is 10.5 Å². The Morgan fingerprint density at radius 3 is 2.32 bits per heavy atom. The summed E-state index contributed by atoms with van der Waals surface area (Å²) >= 11 is 0. The van der Waals surface area contributed by atoms with Crippen LogP contribution in [0.1, 0.15) is 34.8 Å². The smallest absolute Gasteiger partial charge is 0.366 e. The molecule has 0 bridgehead atoms. The molecule has 16 heteroatoms. The molecular formula is C22H23F6N7O3. The van der Waals surface area contributed by atoms with Gasteiger partial charge < -0.3 is 14.5 Å². The molecule has 4 heterocycles. The molecule has 1 N–H and O–H groups in total. The van der Waals surface area contributed by atoms with E-state index in [-0.39, 0.29) is 55.8 Å². The monoisotopic (exact) mass is 547 g/mol. The number of aromatic amines is 1. The van der Waals surface area contributed by atoms with Crippen LogP contribution in [0.3, 0.4) is 0 Å². The summed E-state index contributed by atoms with van der Waals surface area (Å²) in [6.07, 6.45) is -8.36. The molecule has 0 saturated carbocycles. The number of morpholine rings is 1. The Hall–Kier alpha value is -3.27. The number of fused-ring (bicyclic) bond motifs is 1. The van der Waals surface area contributed by atoms with Crippen molar-refractivity contribution in [2.75, 3.05) is 50.8 Å². The number of nitrogens with zero attached hydrogens (tertiary/aromatic N) is 6. The number of hydrogen-bond donors (Lipinski definition) is 1. The zero-order valence-electron chi connectivity index (χ0n) is 19.8. The summed E-state index contributed by atoms with van der Waals surface area (Å²) in [5.74, 6) is -0.153. The fourth-order valence-electron chi connectivity index (χ4n) is 5.16. The van der Waals surface area contributed by atoms with Crippen molar-refractivity contribution in [2.45, 2.75) is 37.3 Å². The second-order valence-electron chi connectivity index (χ2n) is 9.28. The number of H-pyrrole nitrogens is 1. The fourth-order valence-corrected chi connectivity index (χ4v) is 5.16. The van der Waals surface area contributed by atoms with Gasteiger partial charge in [0.15, 0.2) is 0 Å². The lowest BCUT2D eigenvalue weighted by atomic mass is 10.1. The number of nitrogens with one attached hydrogen (secondary N) is 1. The van der Waals surface area contributed by atoms with Crippen molar-refractivity contribution in [1.29, 1.82) is 0 Å². The summed E-state index contributed by atoms with van der Waals surface area (Å²) in [6.45, 7) is 1.88. The molecule has 2 aliphatic heterocycles. The van der Waals surface area contributed by atoms with E-state index in [1.54, 1.807) is 9.80 Å². The van der Waals surface area contributed by atoms with E-state index in [1.807, 2.05) is 10.00 Å². The highest BCUT2D eigenvalue weighted by molar-refractivity contribution is 5.81. The summed E-state index contributed by atoms with van der Waals surface area (Å²) in [5, 5.41) is 5.87. The van der Waals surface area contributed by atoms with E-state index >= 15 is 0 Å². The van der Waals surface area contributed by atoms with E-state index in [0.717, 1.165) is 0 Å². The first-order valence-corrected chi connectivity index (χ1v) is 11.9. The van der Waals surface area contributed by atoms with Crippen LogP contribution >= 0.6 is 0 Å². The quantitative estimate of drug-likeness (QED) is 0.579. The third kappa shape index (κ3) is 5.06. The van der Waals surface area contributed by atoms with E-state index in [0.29, 0.717) is 38.4 Å². The first kappa shape index (κ1) is 26.3. The number of rotatable bonds is 3. The third-order valence-electron chi connectivity index (χ3n) is 7.04. The third-order valence-corrected chi connectivity index (χ3v) is 7.04. The summed E-state index contributed by atoms with van der Waals surface area (Å²) < 4.78 is 84.3. The van der Waals surface area contributed by atoms with Crippen molar-refractivity contribution >= 4 is 11.9 Å². The predicted octanol–water partition coefficient (Wildman–Crippen LogP) is 1.63. The van der Waals surface area contributed by atoms with Crippen LogP contribution in [0.5, 0.6) is 0 Å². The maximum Gasteiger partial charge on any atom is 0.422 e. The normalized spacial score (nSPS) is 23.0. The predicted molar refractivity (Wildman–Crippen MR) is 118 cm³/mol. The SMILES string of the molecule is O=C([C@H]1CN([C@@H]2CCc3c2n[nH]c(=O)c3C(F)(F)F)CCO1)N1CCN(c2ncc(C(F)(F)F)cn2)CC1. The maximum atomic E-state index is 13.5. The van der Waals surface area contributed by atoms with E-state index in [9.17, 15) is 35.9 Å². The molecule has 38 heavy (non-hydrogen) atoms. The van der Waals surface area contributed by atoms with Gasteiger partial charge in [-0.3, -0.25) is 14.5 Å². The fraction of sp³-hybridized carbons (Fsp3) is 0.591. The molecular weight excluding hydrogens is 524 g/mol. The minimum Gasteiger partial charge on any atom is -0.366 e. The van der Waals surface area contributed by atoms with Gasteiger partial charge >= 0.3 is 12.4 Å². The van der Waals surface area contributed by atoms with Gasteiger partial charge in [-0.2, -0.15) is 31.4 Å². The summed E-state index contributed by atoms with van der Waals surface area (Å²) in [4.78, 5) is 37.7. The first-order valence-electron chi connectivity index (χ1n) is 11.9. The molecule has 0 radical (unpaired) electrons. The number of halogens is 6. The number of alkyl halides is 6. The van der Waals surface area contributed by atoms with Gasteiger partial charge in [-0.1, -0.05) is 0 Å². The molecule has 1 aliphatic carbocycles. The number of hydrogen-bond acceptors (Lipinski definition) is 8. The van der Waals surface area contributed by atoms with Gasteiger partial charge in [-0.25, -0.2) is 15.1 Å². The van der Waals surface area contributed by atoms with Gasteiger partial charge in [0.2, 0.25) is 5.95 Å². The van der Waals surface area contributed by atoms with Crippen LogP contribution in [0, 0.1) is 0 Å². The summed E-state index contributed by atoms with van der Waals surface area (Å²) in [5.41, 5.74) is -3.39. The highest BCUT2D eigenvalue weighted by Crippen LogP contribution is 2.40. The van der Waals surface area contributed by atoms with Crippen molar-refractivity contribution in [3.8, 4) is 0 Å². The van der Waals surface area contributed by atoms with Crippen molar-refractivity contribution < 1.29 is 35.9 Å². The van der Waals surface area contributed by atoms with E-state index < -0.39 is 41.2 Å². The zero-order valence-corrected chi connectivity index (χ0v) is 19.8. The number of carbonyl (C=O) groups is 1. The van der Waals surface area contributed by atoms with Crippen LogP contribution in [-0.2, 0) is 28.3 Å². The van der Waals surface area contributed by atoms with Crippen LogP contribution in [-0.4, -0.2) is 87.9 Å². The number of aromatic nitrogens is 4. The van der Waals surface area contributed by atoms with Gasteiger partial charge in [0, 0.05) is 51.7 Å². The topological polar surface area (TPSA) is 108 Å². The number of amides is 1. The highest BCUT2D eigenvalue weighted by atomic mass is 19.4. The van der Waals surface area contributed by atoms with E-state index in [4.69, 9.17) is 4.74 Å². The van der Waals surface area contributed by atoms with Gasteiger partial charge in [0.25, 0.3) is 11.5 Å². The van der Waals surface area contributed by atoms with Crippen LogP contribution in [0.4, 0.5) is 32.3 Å². The number of anilines is 1. The summed E-state index contributed by atoms with van der Waals surface area (Å²) in [6, 6.07) is -0.490. The Labute approximate surface area is 211 Å². The van der Waals surface area contributed by atoms with Gasteiger partial charge in [-0.05, 0) is 18.4 Å². The van der Waals surface area contributed by atoms with E-state index in [2.05, 4.69) is 15.1 Å². The van der Waals surface area contributed by atoms with Crippen LogP contribution in [0.15, 0.2) is 17.2 Å². The molecule has 0 spiro atoms. The average molecular weight is 547 g/mol. The van der Waals surface area contributed by atoms with Crippen LogP contribution in [0.2, 0.25) is 0 Å². The summed E-state index contributed by atoms with van der Waals surface area (Å²) in [7, 11) is 0. The molecule has 5 rings (SSSR count). The zero-order chi connectivity index (χ0) is 27.2. The Kier molecular flexibility index (Phi) is 6.79. The lowest BCUT2D eigenvalue weighted by molar-refractivity contribution is -0.151.